The molecule has 80 valence electrons. The highest BCUT2D eigenvalue weighted by Gasteiger charge is 2.18. The lowest BCUT2D eigenvalue weighted by Gasteiger charge is -1.99. The minimum absolute atomic E-state index is 0.230. The van der Waals surface area contributed by atoms with E-state index in [0.29, 0.717) is 16.5 Å². The Balaban J connectivity index is 3.07. The van der Waals surface area contributed by atoms with Crippen LogP contribution in [0.15, 0.2) is 0 Å². The van der Waals surface area contributed by atoms with E-state index in [2.05, 4.69) is 0 Å². The molecule has 0 fully saturated rings. The van der Waals surface area contributed by atoms with E-state index in [1.165, 1.54) is 11.3 Å². The number of anilines is 1. The molecule has 0 saturated heterocycles. The fraction of sp³-hybridized carbons (Fsp3) is 0.400. The lowest BCUT2D eigenvalue weighted by Crippen LogP contribution is -2.04. The van der Waals surface area contributed by atoms with Gasteiger partial charge in [0.2, 0.25) is 0 Å². The summed E-state index contributed by atoms with van der Waals surface area (Å²) in [5, 5.41) is 9.13. The monoisotopic (exact) mass is 224 g/mol. The van der Waals surface area contributed by atoms with Crippen LogP contribution < -0.4 is 5.73 Å². The zero-order chi connectivity index (χ0) is 11.4. The van der Waals surface area contributed by atoms with Crippen molar-refractivity contribution in [2.75, 3.05) is 12.3 Å². The molecule has 0 saturated carbocycles. The van der Waals surface area contributed by atoms with Crippen LogP contribution in [0.1, 0.15) is 27.7 Å². The molecule has 1 heterocycles. The van der Waals surface area contributed by atoms with E-state index < -0.39 is 0 Å². The summed E-state index contributed by atoms with van der Waals surface area (Å²) >= 11 is 1.18. The number of rotatable bonds is 3. The molecule has 0 aromatic carbocycles. The molecule has 0 radical (unpaired) electrons. The minimum Gasteiger partial charge on any atom is -0.462 e. The molecule has 0 amide bonds. The van der Waals surface area contributed by atoms with Crippen molar-refractivity contribution in [3.05, 3.63) is 16.0 Å². The maximum atomic E-state index is 11.5. The summed E-state index contributed by atoms with van der Waals surface area (Å²) < 4.78 is 4.89. The Bertz CT molecular complexity index is 418. The van der Waals surface area contributed by atoms with Gasteiger partial charge in [-0.05, 0) is 19.4 Å². The van der Waals surface area contributed by atoms with Crippen molar-refractivity contribution in [2.45, 2.75) is 20.3 Å². The number of thiophene rings is 1. The lowest BCUT2D eigenvalue weighted by molar-refractivity contribution is 0.0531. The van der Waals surface area contributed by atoms with Gasteiger partial charge in [0.05, 0.1) is 24.1 Å². The predicted molar refractivity (Wildman–Crippen MR) is 58.7 cm³/mol. The molecule has 0 spiro atoms. The second-order valence-electron chi connectivity index (χ2n) is 2.95. The molecule has 0 unspecified atom stereocenters. The maximum Gasteiger partial charge on any atom is 0.348 e. The number of ether oxygens (including phenoxy) is 1. The first-order valence-electron chi connectivity index (χ1n) is 4.53. The number of hydrogen-bond donors (Lipinski definition) is 1. The van der Waals surface area contributed by atoms with E-state index in [9.17, 15) is 4.79 Å². The third-order valence-corrected chi connectivity index (χ3v) is 3.16. The first-order chi connectivity index (χ1) is 7.11. The quantitative estimate of drug-likeness (QED) is 0.795. The van der Waals surface area contributed by atoms with Gasteiger partial charge in [-0.3, -0.25) is 0 Å². The molecule has 0 aliphatic rings. The van der Waals surface area contributed by atoms with Crippen LogP contribution in [0.5, 0.6) is 0 Å². The third kappa shape index (κ3) is 2.28. The molecule has 15 heavy (non-hydrogen) atoms. The first kappa shape index (κ1) is 11.5. The van der Waals surface area contributed by atoms with E-state index in [1.54, 1.807) is 13.8 Å². The van der Waals surface area contributed by atoms with Crippen molar-refractivity contribution in [1.29, 1.82) is 5.26 Å². The van der Waals surface area contributed by atoms with Crippen molar-refractivity contribution in [3.8, 4) is 6.07 Å². The number of nitriles is 1. The average Bonchev–Trinajstić information content (AvgIpc) is 2.47. The Kier molecular flexibility index (Phi) is 3.69. The summed E-state index contributed by atoms with van der Waals surface area (Å²) in [4.78, 5) is 12.0. The zero-order valence-corrected chi connectivity index (χ0v) is 9.48. The fourth-order valence-electron chi connectivity index (χ4n) is 1.26. The van der Waals surface area contributed by atoms with Crippen LogP contribution in [0.2, 0.25) is 0 Å². The molecule has 0 atom stereocenters. The normalized spacial score (nSPS) is 9.67. The molecule has 5 heteroatoms. The molecule has 0 aliphatic carbocycles. The Morgan fingerprint density at radius 3 is 2.87 bits per heavy atom. The van der Waals surface area contributed by atoms with Gasteiger partial charge in [-0.15, -0.1) is 11.3 Å². The average molecular weight is 224 g/mol. The Hall–Kier alpha value is -1.54. The van der Waals surface area contributed by atoms with Crippen molar-refractivity contribution in [3.63, 3.8) is 0 Å². The van der Waals surface area contributed by atoms with Gasteiger partial charge in [-0.1, -0.05) is 0 Å². The topological polar surface area (TPSA) is 76.1 Å². The summed E-state index contributed by atoms with van der Waals surface area (Å²) in [6.07, 6.45) is 0.230. The van der Waals surface area contributed by atoms with Gasteiger partial charge in [0.25, 0.3) is 0 Å². The number of nitrogen functional groups attached to an aromatic ring is 1. The van der Waals surface area contributed by atoms with Crippen LogP contribution in [-0.4, -0.2) is 12.6 Å². The summed E-state index contributed by atoms with van der Waals surface area (Å²) in [5.41, 5.74) is 7.22. The molecule has 4 nitrogen and oxygen atoms in total. The first-order valence-corrected chi connectivity index (χ1v) is 5.35. The maximum absolute atomic E-state index is 11.5. The molecule has 2 N–H and O–H groups in total. The van der Waals surface area contributed by atoms with E-state index in [1.807, 2.05) is 6.07 Å². The number of esters is 1. The van der Waals surface area contributed by atoms with Gasteiger partial charge in [0.1, 0.15) is 4.88 Å². The summed E-state index contributed by atoms with van der Waals surface area (Å²) in [6, 6.07) is 2.02. The van der Waals surface area contributed by atoms with E-state index in [0.717, 1.165) is 11.1 Å². The van der Waals surface area contributed by atoms with Gasteiger partial charge in [-0.2, -0.15) is 5.26 Å². The van der Waals surface area contributed by atoms with Crippen LogP contribution in [0, 0.1) is 18.3 Å². The second-order valence-corrected chi connectivity index (χ2v) is 4.01. The Morgan fingerprint density at radius 2 is 2.33 bits per heavy atom. The highest BCUT2D eigenvalue weighted by molar-refractivity contribution is 7.18. The second kappa shape index (κ2) is 4.80. The smallest absolute Gasteiger partial charge is 0.348 e. The van der Waals surface area contributed by atoms with Crippen LogP contribution in [-0.2, 0) is 11.2 Å². The number of nitrogens with two attached hydrogens (primary N) is 1. The van der Waals surface area contributed by atoms with Crippen molar-refractivity contribution < 1.29 is 9.53 Å². The van der Waals surface area contributed by atoms with Crippen molar-refractivity contribution in [2.24, 2.45) is 0 Å². The summed E-state index contributed by atoms with van der Waals surface area (Å²) in [5.74, 6) is -0.365. The zero-order valence-electron chi connectivity index (χ0n) is 8.66. The predicted octanol–water partition coefficient (Wildman–Crippen LogP) is 1.88. The third-order valence-electron chi connectivity index (χ3n) is 2.02. The number of carbonyl (C=O) groups excluding carboxylic acids is 1. The van der Waals surface area contributed by atoms with Gasteiger partial charge in [-0.25, -0.2) is 4.79 Å². The van der Waals surface area contributed by atoms with Crippen molar-refractivity contribution in [1.82, 2.24) is 0 Å². The van der Waals surface area contributed by atoms with Gasteiger partial charge in [0, 0.05) is 5.56 Å². The van der Waals surface area contributed by atoms with Crippen LogP contribution >= 0.6 is 11.3 Å². The SMILES string of the molecule is CCOC(=O)c1sc(N)c(CC#N)c1C. The highest BCUT2D eigenvalue weighted by Crippen LogP contribution is 2.31. The Morgan fingerprint density at radius 1 is 1.67 bits per heavy atom. The molecule has 0 aliphatic heterocycles. The van der Waals surface area contributed by atoms with Crippen LogP contribution in [0.4, 0.5) is 5.00 Å². The highest BCUT2D eigenvalue weighted by atomic mass is 32.1. The molecule has 1 aromatic heterocycles. The van der Waals surface area contributed by atoms with Gasteiger partial charge in [0.15, 0.2) is 0 Å². The van der Waals surface area contributed by atoms with Gasteiger partial charge < -0.3 is 10.5 Å². The molecule has 1 aromatic rings. The molecule has 1 rings (SSSR count). The number of carbonyl (C=O) groups is 1. The molecular weight excluding hydrogens is 212 g/mol. The van der Waals surface area contributed by atoms with E-state index in [4.69, 9.17) is 15.7 Å². The molecule has 0 bridgehead atoms. The standard InChI is InChI=1S/C10H12N2O2S/c1-3-14-10(13)8-6(2)7(4-5-11)9(12)15-8/h3-4,12H2,1-2H3. The van der Waals surface area contributed by atoms with E-state index in [-0.39, 0.29) is 12.4 Å². The van der Waals surface area contributed by atoms with Crippen molar-refractivity contribution >= 4 is 22.3 Å². The number of hydrogen-bond acceptors (Lipinski definition) is 5. The summed E-state index contributed by atoms with van der Waals surface area (Å²) in [7, 11) is 0. The Labute approximate surface area is 92.3 Å². The van der Waals surface area contributed by atoms with E-state index >= 15 is 0 Å². The largest absolute Gasteiger partial charge is 0.462 e. The number of nitrogens with zero attached hydrogens (tertiary/aromatic N) is 1. The minimum atomic E-state index is -0.365. The fourth-order valence-corrected chi connectivity index (χ4v) is 2.25. The summed E-state index contributed by atoms with van der Waals surface area (Å²) in [6.45, 7) is 3.87. The molecular formula is C10H12N2O2S. The van der Waals surface area contributed by atoms with Gasteiger partial charge >= 0.3 is 5.97 Å². The lowest BCUT2D eigenvalue weighted by atomic mass is 10.1. The van der Waals surface area contributed by atoms with Crippen LogP contribution in [0.25, 0.3) is 0 Å². The van der Waals surface area contributed by atoms with Crippen LogP contribution in [0.3, 0.4) is 0 Å².